The summed E-state index contributed by atoms with van der Waals surface area (Å²) in [6, 6.07) is 5.74. The SMILES string of the molecule is CC[C@H](Nc1cnn(C)c1)c1ccc(Cl)cc1Cl. The zero-order valence-corrected chi connectivity index (χ0v) is 11.8. The first-order chi connectivity index (χ1) is 8.60. The number of aromatic nitrogens is 2. The van der Waals surface area contributed by atoms with Crippen molar-refractivity contribution in [3.8, 4) is 0 Å². The molecule has 1 aromatic carbocycles. The number of nitrogens with zero attached hydrogens (tertiary/aromatic N) is 2. The Labute approximate surface area is 117 Å². The lowest BCUT2D eigenvalue weighted by Crippen LogP contribution is -2.09. The molecule has 1 heterocycles. The maximum Gasteiger partial charge on any atom is 0.0731 e. The summed E-state index contributed by atoms with van der Waals surface area (Å²) in [5.41, 5.74) is 2.03. The molecule has 1 N–H and O–H groups in total. The highest BCUT2D eigenvalue weighted by Gasteiger charge is 2.13. The van der Waals surface area contributed by atoms with Crippen LogP contribution < -0.4 is 5.32 Å². The van der Waals surface area contributed by atoms with Gasteiger partial charge in [0.15, 0.2) is 0 Å². The fourth-order valence-electron chi connectivity index (χ4n) is 1.88. The summed E-state index contributed by atoms with van der Waals surface area (Å²) in [5.74, 6) is 0. The lowest BCUT2D eigenvalue weighted by molar-refractivity contribution is 0.747. The van der Waals surface area contributed by atoms with E-state index in [1.54, 1.807) is 16.9 Å². The molecule has 0 radical (unpaired) electrons. The number of hydrogen-bond acceptors (Lipinski definition) is 2. The first-order valence-corrected chi connectivity index (χ1v) is 6.56. The van der Waals surface area contributed by atoms with Crippen LogP contribution in [0.25, 0.3) is 0 Å². The number of halogens is 2. The minimum Gasteiger partial charge on any atom is -0.376 e. The Bertz CT molecular complexity index is 537. The molecule has 0 aliphatic rings. The lowest BCUT2D eigenvalue weighted by atomic mass is 10.0. The molecular formula is C13H15Cl2N3. The standard InChI is InChI=1S/C13H15Cl2N3/c1-3-13(17-10-7-16-18(2)8-10)11-5-4-9(14)6-12(11)15/h4-8,13,17H,3H2,1-2H3/t13-/m0/s1. The van der Waals surface area contributed by atoms with E-state index in [2.05, 4.69) is 17.3 Å². The Morgan fingerprint density at radius 2 is 2.17 bits per heavy atom. The Balaban J connectivity index is 2.22. The molecule has 1 aromatic heterocycles. The summed E-state index contributed by atoms with van der Waals surface area (Å²) < 4.78 is 1.76. The van der Waals surface area contributed by atoms with Crippen LogP contribution in [-0.2, 0) is 7.05 Å². The van der Waals surface area contributed by atoms with Gasteiger partial charge in [0.1, 0.15) is 0 Å². The van der Waals surface area contributed by atoms with Gasteiger partial charge in [0.05, 0.1) is 17.9 Å². The highest BCUT2D eigenvalue weighted by Crippen LogP contribution is 2.30. The smallest absolute Gasteiger partial charge is 0.0731 e. The number of nitrogens with one attached hydrogen (secondary N) is 1. The first-order valence-electron chi connectivity index (χ1n) is 5.80. The van der Waals surface area contributed by atoms with Crippen molar-refractivity contribution in [3.63, 3.8) is 0 Å². The van der Waals surface area contributed by atoms with Crippen molar-refractivity contribution >= 4 is 28.9 Å². The predicted octanol–water partition coefficient (Wildman–Crippen LogP) is 4.29. The van der Waals surface area contributed by atoms with Crippen LogP contribution in [0, 0.1) is 0 Å². The third-order valence-corrected chi connectivity index (χ3v) is 3.35. The van der Waals surface area contributed by atoms with Crippen LogP contribution in [0.4, 0.5) is 5.69 Å². The predicted molar refractivity (Wildman–Crippen MR) is 76.3 cm³/mol. The summed E-state index contributed by atoms with van der Waals surface area (Å²) in [5, 5.41) is 8.89. The second-order valence-corrected chi connectivity index (χ2v) is 5.02. The average molecular weight is 284 g/mol. The van der Waals surface area contributed by atoms with Crippen molar-refractivity contribution in [2.24, 2.45) is 7.05 Å². The van der Waals surface area contributed by atoms with E-state index in [1.165, 1.54) is 0 Å². The van der Waals surface area contributed by atoms with Crippen molar-refractivity contribution in [2.75, 3.05) is 5.32 Å². The van der Waals surface area contributed by atoms with Crippen molar-refractivity contribution in [1.29, 1.82) is 0 Å². The van der Waals surface area contributed by atoms with Crippen molar-refractivity contribution in [2.45, 2.75) is 19.4 Å². The zero-order valence-electron chi connectivity index (χ0n) is 10.3. The Hall–Kier alpha value is -1.19. The molecule has 0 aliphatic heterocycles. The molecule has 0 bridgehead atoms. The van der Waals surface area contributed by atoms with Gasteiger partial charge in [-0.15, -0.1) is 0 Å². The monoisotopic (exact) mass is 283 g/mol. The maximum atomic E-state index is 6.23. The van der Waals surface area contributed by atoms with Crippen LogP contribution in [0.3, 0.4) is 0 Å². The van der Waals surface area contributed by atoms with Gasteiger partial charge in [-0.3, -0.25) is 4.68 Å². The van der Waals surface area contributed by atoms with Crippen LogP contribution in [0.5, 0.6) is 0 Å². The van der Waals surface area contributed by atoms with Gasteiger partial charge in [0.2, 0.25) is 0 Å². The Morgan fingerprint density at radius 1 is 1.39 bits per heavy atom. The summed E-state index contributed by atoms with van der Waals surface area (Å²) in [4.78, 5) is 0. The largest absolute Gasteiger partial charge is 0.376 e. The van der Waals surface area contributed by atoms with Gasteiger partial charge in [-0.2, -0.15) is 5.10 Å². The van der Waals surface area contributed by atoms with Crippen LogP contribution in [0.2, 0.25) is 10.0 Å². The second-order valence-electron chi connectivity index (χ2n) is 4.17. The molecule has 1 atom stereocenters. The first kappa shape index (κ1) is 13.2. The van der Waals surface area contributed by atoms with Gasteiger partial charge in [-0.05, 0) is 24.1 Å². The molecule has 96 valence electrons. The minimum absolute atomic E-state index is 0.152. The Morgan fingerprint density at radius 3 is 2.72 bits per heavy atom. The molecule has 0 aliphatic carbocycles. The van der Waals surface area contributed by atoms with Gasteiger partial charge in [0, 0.05) is 23.3 Å². The number of aryl methyl sites for hydroxylation is 1. The molecule has 0 spiro atoms. The van der Waals surface area contributed by atoms with E-state index in [0.29, 0.717) is 10.0 Å². The highest BCUT2D eigenvalue weighted by atomic mass is 35.5. The lowest BCUT2D eigenvalue weighted by Gasteiger charge is -2.18. The molecule has 0 unspecified atom stereocenters. The molecule has 0 fully saturated rings. The van der Waals surface area contributed by atoms with Crippen molar-refractivity contribution in [1.82, 2.24) is 9.78 Å². The molecule has 3 nitrogen and oxygen atoms in total. The molecular weight excluding hydrogens is 269 g/mol. The van der Waals surface area contributed by atoms with Crippen LogP contribution in [0.15, 0.2) is 30.6 Å². The second kappa shape index (κ2) is 5.63. The number of rotatable bonds is 4. The molecule has 0 saturated carbocycles. The summed E-state index contributed by atoms with van der Waals surface area (Å²) in [7, 11) is 1.89. The van der Waals surface area contributed by atoms with Gasteiger partial charge in [-0.1, -0.05) is 36.2 Å². The fraction of sp³-hybridized carbons (Fsp3) is 0.308. The summed E-state index contributed by atoms with van der Waals surface area (Å²) in [6.45, 7) is 2.11. The van der Waals surface area contributed by atoms with Gasteiger partial charge in [-0.25, -0.2) is 0 Å². The summed E-state index contributed by atoms with van der Waals surface area (Å²) in [6.07, 6.45) is 4.66. The van der Waals surface area contributed by atoms with E-state index in [-0.39, 0.29) is 6.04 Å². The molecule has 0 amide bonds. The third-order valence-electron chi connectivity index (χ3n) is 2.79. The molecule has 2 rings (SSSR count). The van der Waals surface area contributed by atoms with Gasteiger partial charge < -0.3 is 5.32 Å². The highest BCUT2D eigenvalue weighted by molar-refractivity contribution is 6.35. The van der Waals surface area contributed by atoms with Gasteiger partial charge in [0.25, 0.3) is 0 Å². The third kappa shape index (κ3) is 2.98. The van der Waals surface area contributed by atoms with E-state index in [1.807, 2.05) is 25.4 Å². The molecule has 2 aromatic rings. The molecule has 18 heavy (non-hydrogen) atoms. The molecule has 0 saturated heterocycles. The Kier molecular flexibility index (Phi) is 4.15. The van der Waals surface area contributed by atoms with Crippen LogP contribution in [-0.4, -0.2) is 9.78 Å². The maximum absolute atomic E-state index is 6.23. The summed E-state index contributed by atoms with van der Waals surface area (Å²) >= 11 is 12.1. The van der Waals surface area contributed by atoms with Gasteiger partial charge >= 0.3 is 0 Å². The quantitative estimate of drug-likeness (QED) is 0.907. The van der Waals surface area contributed by atoms with E-state index >= 15 is 0 Å². The zero-order chi connectivity index (χ0) is 13.1. The van der Waals surface area contributed by atoms with E-state index in [9.17, 15) is 0 Å². The normalized spacial score (nSPS) is 12.4. The number of anilines is 1. The number of benzene rings is 1. The van der Waals surface area contributed by atoms with E-state index in [4.69, 9.17) is 23.2 Å². The molecule has 5 heteroatoms. The fourth-order valence-corrected chi connectivity index (χ4v) is 2.42. The van der Waals surface area contributed by atoms with Crippen molar-refractivity contribution in [3.05, 3.63) is 46.2 Å². The average Bonchev–Trinajstić information content (AvgIpc) is 2.72. The minimum atomic E-state index is 0.152. The van der Waals surface area contributed by atoms with E-state index < -0.39 is 0 Å². The van der Waals surface area contributed by atoms with Crippen LogP contribution >= 0.6 is 23.2 Å². The topological polar surface area (TPSA) is 29.9 Å². The van der Waals surface area contributed by atoms with E-state index in [0.717, 1.165) is 17.7 Å². The van der Waals surface area contributed by atoms with Crippen molar-refractivity contribution < 1.29 is 0 Å². The number of hydrogen-bond donors (Lipinski definition) is 1. The van der Waals surface area contributed by atoms with Crippen LogP contribution in [0.1, 0.15) is 24.9 Å².